The number of alkyl halides is 3. The molecule has 0 saturated heterocycles. The van der Waals surface area contributed by atoms with E-state index in [1.807, 2.05) is 0 Å². The van der Waals surface area contributed by atoms with Crippen molar-refractivity contribution < 1.29 is 31.5 Å². The van der Waals surface area contributed by atoms with Crippen molar-refractivity contribution in [3.8, 4) is 0 Å². The van der Waals surface area contributed by atoms with Gasteiger partial charge in [0.15, 0.2) is 0 Å². The fourth-order valence-electron chi connectivity index (χ4n) is 3.89. The van der Waals surface area contributed by atoms with E-state index in [0.717, 1.165) is 22.2 Å². The summed E-state index contributed by atoms with van der Waals surface area (Å²) < 4.78 is 67.9. The Labute approximate surface area is 187 Å². The molecule has 1 atom stereocenters. The highest BCUT2D eigenvalue weighted by Crippen LogP contribution is 2.35. The zero-order chi connectivity index (χ0) is 24.0. The summed E-state index contributed by atoms with van der Waals surface area (Å²) in [4.78, 5) is 11.4. The van der Waals surface area contributed by atoms with Crippen molar-refractivity contribution in [1.29, 1.82) is 0 Å². The van der Waals surface area contributed by atoms with E-state index in [1.54, 1.807) is 25.1 Å². The normalized spacial score (nSPS) is 18.7. The average Bonchev–Trinajstić information content (AvgIpc) is 3.10. The second kappa shape index (κ2) is 7.80. The molecule has 4 rings (SSSR count). The lowest BCUT2D eigenvalue weighted by Gasteiger charge is -2.30. The first-order valence-electron chi connectivity index (χ1n) is 9.83. The van der Waals surface area contributed by atoms with Crippen molar-refractivity contribution in [2.24, 2.45) is 0 Å². The smallest absolute Gasteiger partial charge is 0.416 e. The van der Waals surface area contributed by atoms with Gasteiger partial charge in [0.25, 0.3) is 10.0 Å². The SMILES string of the molecule is CC1(Cc2cc3cc(C(F)(F)F)ccc3n2S(=O)(=O)c2ccccc2)C=C(C(=O)O)C=CN1. The molecule has 2 heterocycles. The first-order chi connectivity index (χ1) is 15.4. The van der Waals surface area contributed by atoms with E-state index in [9.17, 15) is 31.5 Å². The highest BCUT2D eigenvalue weighted by molar-refractivity contribution is 7.90. The van der Waals surface area contributed by atoms with Gasteiger partial charge in [-0.05, 0) is 61.7 Å². The summed E-state index contributed by atoms with van der Waals surface area (Å²) in [5.41, 5.74) is -1.56. The number of hydrogen-bond acceptors (Lipinski definition) is 4. The molecule has 1 aliphatic heterocycles. The molecular weight excluding hydrogens is 457 g/mol. The Hall–Kier alpha value is -3.53. The van der Waals surface area contributed by atoms with Crippen LogP contribution >= 0.6 is 0 Å². The number of aliphatic carboxylic acids is 1. The lowest BCUT2D eigenvalue weighted by Crippen LogP contribution is -2.42. The summed E-state index contributed by atoms with van der Waals surface area (Å²) in [6.07, 6.45) is -0.320. The van der Waals surface area contributed by atoms with Crippen molar-refractivity contribution >= 4 is 26.9 Å². The number of dihydropyridines is 1. The molecule has 2 N–H and O–H groups in total. The lowest BCUT2D eigenvalue weighted by molar-refractivity contribution is -0.137. The van der Waals surface area contributed by atoms with E-state index in [1.165, 1.54) is 36.6 Å². The van der Waals surface area contributed by atoms with Gasteiger partial charge in [0.1, 0.15) is 0 Å². The molecule has 1 unspecified atom stereocenters. The second-order valence-electron chi connectivity index (χ2n) is 7.97. The summed E-state index contributed by atoms with van der Waals surface area (Å²) >= 11 is 0. The van der Waals surface area contributed by atoms with Crippen molar-refractivity contribution in [1.82, 2.24) is 9.29 Å². The number of hydrogen-bond donors (Lipinski definition) is 2. The summed E-state index contributed by atoms with van der Waals surface area (Å²) in [5, 5.41) is 12.5. The lowest BCUT2D eigenvalue weighted by atomic mass is 9.91. The maximum absolute atomic E-state index is 13.5. The highest BCUT2D eigenvalue weighted by atomic mass is 32.2. The summed E-state index contributed by atoms with van der Waals surface area (Å²) in [6, 6.07) is 11.8. The quantitative estimate of drug-likeness (QED) is 0.573. The van der Waals surface area contributed by atoms with E-state index in [-0.39, 0.29) is 33.5 Å². The third-order valence-corrected chi connectivity index (χ3v) is 7.16. The predicted molar refractivity (Wildman–Crippen MR) is 116 cm³/mol. The van der Waals surface area contributed by atoms with Crippen LogP contribution in [0, 0.1) is 0 Å². The predicted octanol–water partition coefficient (Wildman–Crippen LogP) is 4.33. The van der Waals surface area contributed by atoms with E-state index in [2.05, 4.69) is 5.32 Å². The first kappa shape index (κ1) is 22.7. The van der Waals surface area contributed by atoms with Crippen LogP contribution < -0.4 is 5.32 Å². The first-order valence-corrected chi connectivity index (χ1v) is 11.3. The van der Waals surface area contributed by atoms with Gasteiger partial charge in [0.05, 0.1) is 27.1 Å². The third kappa shape index (κ3) is 4.25. The second-order valence-corrected chi connectivity index (χ2v) is 9.75. The maximum Gasteiger partial charge on any atom is 0.416 e. The zero-order valence-corrected chi connectivity index (χ0v) is 18.1. The van der Waals surface area contributed by atoms with Crippen molar-refractivity contribution in [2.45, 2.75) is 30.0 Å². The molecule has 1 aliphatic rings. The van der Waals surface area contributed by atoms with E-state index < -0.39 is 33.3 Å². The fraction of sp³-hybridized carbons (Fsp3) is 0.174. The number of carboxylic acid groups (broad SMARTS) is 1. The molecule has 0 fully saturated rings. The van der Waals surface area contributed by atoms with Gasteiger partial charge >= 0.3 is 12.1 Å². The Morgan fingerprint density at radius 2 is 1.82 bits per heavy atom. The molecular formula is C23H19F3N2O4S. The Kier molecular flexibility index (Phi) is 5.36. The molecule has 0 aliphatic carbocycles. The standard InChI is InChI=1S/C23H19F3N2O4S/c1-22(13-15(21(29)30)9-10-27-22)14-18-12-16-11-17(23(24,25)26)7-8-20(16)28(18)33(31,32)19-5-3-2-4-6-19/h2-13,27H,14H2,1H3,(H,29,30). The molecule has 0 spiro atoms. The molecule has 172 valence electrons. The van der Waals surface area contributed by atoms with Crippen molar-refractivity contribution in [2.75, 3.05) is 0 Å². The average molecular weight is 476 g/mol. The van der Waals surface area contributed by atoms with Gasteiger partial charge in [-0.1, -0.05) is 18.2 Å². The van der Waals surface area contributed by atoms with Gasteiger partial charge in [-0.15, -0.1) is 0 Å². The van der Waals surface area contributed by atoms with Gasteiger partial charge < -0.3 is 10.4 Å². The Morgan fingerprint density at radius 3 is 2.45 bits per heavy atom. The highest BCUT2D eigenvalue weighted by Gasteiger charge is 2.33. The summed E-state index contributed by atoms with van der Waals surface area (Å²) in [5.74, 6) is -1.15. The molecule has 0 saturated carbocycles. The van der Waals surface area contributed by atoms with Crippen molar-refractivity contribution in [3.05, 3.63) is 89.8 Å². The number of carbonyl (C=O) groups is 1. The van der Waals surface area contributed by atoms with Gasteiger partial charge in [-0.25, -0.2) is 17.2 Å². The Morgan fingerprint density at radius 1 is 1.12 bits per heavy atom. The van der Waals surface area contributed by atoms with Gasteiger partial charge in [0.2, 0.25) is 0 Å². The van der Waals surface area contributed by atoms with Crippen LogP contribution in [0.2, 0.25) is 0 Å². The minimum Gasteiger partial charge on any atom is -0.478 e. The number of benzene rings is 2. The number of fused-ring (bicyclic) bond motifs is 1. The molecule has 10 heteroatoms. The maximum atomic E-state index is 13.5. The van der Waals surface area contributed by atoms with Crippen LogP contribution in [-0.2, 0) is 27.4 Å². The molecule has 0 radical (unpaired) electrons. The number of rotatable bonds is 5. The van der Waals surface area contributed by atoms with Crippen LogP contribution in [0.15, 0.2) is 83.4 Å². The number of halogens is 3. The molecule has 3 aromatic rings. The van der Waals surface area contributed by atoms with E-state index in [0.29, 0.717) is 0 Å². The van der Waals surface area contributed by atoms with Crippen LogP contribution in [0.5, 0.6) is 0 Å². The van der Waals surface area contributed by atoms with Crippen LogP contribution in [0.4, 0.5) is 13.2 Å². The summed E-state index contributed by atoms with van der Waals surface area (Å²) in [7, 11) is -4.16. The van der Waals surface area contributed by atoms with Crippen LogP contribution in [0.1, 0.15) is 18.2 Å². The minimum absolute atomic E-state index is 0.00376. The number of aromatic nitrogens is 1. The third-order valence-electron chi connectivity index (χ3n) is 5.38. The Bertz CT molecular complexity index is 1410. The molecule has 0 bridgehead atoms. The molecule has 6 nitrogen and oxygen atoms in total. The number of nitrogens with zero attached hydrogens (tertiary/aromatic N) is 1. The summed E-state index contributed by atoms with van der Waals surface area (Å²) in [6.45, 7) is 1.68. The van der Waals surface area contributed by atoms with Crippen LogP contribution in [-0.4, -0.2) is 29.0 Å². The zero-order valence-electron chi connectivity index (χ0n) is 17.3. The largest absolute Gasteiger partial charge is 0.478 e. The topological polar surface area (TPSA) is 88.4 Å². The number of nitrogens with one attached hydrogen (secondary N) is 1. The van der Waals surface area contributed by atoms with Gasteiger partial charge in [0, 0.05) is 17.5 Å². The van der Waals surface area contributed by atoms with Gasteiger partial charge in [-0.2, -0.15) is 13.2 Å². The number of carboxylic acids is 1. The molecule has 2 aromatic carbocycles. The van der Waals surface area contributed by atoms with Crippen LogP contribution in [0.3, 0.4) is 0 Å². The van der Waals surface area contributed by atoms with Crippen LogP contribution in [0.25, 0.3) is 10.9 Å². The van der Waals surface area contributed by atoms with Crippen molar-refractivity contribution in [3.63, 3.8) is 0 Å². The molecule has 0 amide bonds. The minimum atomic E-state index is -4.59. The molecule has 33 heavy (non-hydrogen) atoms. The fourth-order valence-corrected chi connectivity index (χ4v) is 5.46. The van der Waals surface area contributed by atoms with E-state index in [4.69, 9.17) is 0 Å². The van der Waals surface area contributed by atoms with Gasteiger partial charge in [-0.3, -0.25) is 0 Å². The monoisotopic (exact) mass is 476 g/mol. The molecule has 1 aromatic heterocycles. The Balaban J connectivity index is 1.92. The van der Waals surface area contributed by atoms with E-state index >= 15 is 0 Å².